The second-order valence-corrected chi connectivity index (χ2v) is 9.87. The van der Waals surface area contributed by atoms with Gasteiger partial charge in [0.25, 0.3) is 0 Å². The molecule has 1 aliphatic rings. The minimum absolute atomic E-state index is 0.0577. The molecular weight excluding hydrogens is 502 g/mol. The minimum atomic E-state index is -1.09. The first-order valence-electron chi connectivity index (χ1n) is 12.9. The van der Waals surface area contributed by atoms with Crippen molar-refractivity contribution in [3.63, 3.8) is 0 Å². The van der Waals surface area contributed by atoms with Crippen LogP contribution < -0.4 is 16.4 Å². The Morgan fingerprint density at radius 2 is 1.72 bits per heavy atom. The largest absolute Gasteiger partial charge is 0.508 e. The molecule has 1 aromatic heterocycles. The summed E-state index contributed by atoms with van der Waals surface area (Å²) in [5.41, 5.74) is 8.04. The average molecular weight is 536 g/mol. The van der Waals surface area contributed by atoms with Gasteiger partial charge >= 0.3 is 5.97 Å². The molecule has 11 nitrogen and oxygen atoms in total. The smallest absolute Gasteiger partial charge is 0.326 e. The van der Waals surface area contributed by atoms with E-state index in [0.29, 0.717) is 18.4 Å². The average Bonchev–Trinajstić information content (AvgIpc) is 3.56. The van der Waals surface area contributed by atoms with Gasteiger partial charge in [-0.25, -0.2) is 4.79 Å². The summed E-state index contributed by atoms with van der Waals surface area (Å²) >= 11 is 0. The highest BCUT2D eigenvalue weighted by Crippen LogP contribution is 2.23. The Morgan fingerprint density at radius 3 is 2.41 bits per heavy atom. The number of nitrogens with two attached hydrogens (primary N) is 1. The lowest BCUT2D eigenvalue weighted by Crippen LogP contribution is -2.58. The lowest BCUT2D eigenvalue weighted by atomic mass is 10.0. The number of phenolic OH excluding ortho intramolecular Hbond substituents is 1. The molecule has 7 N–H and O–H groups in total. The number of carboxylic acid groups (broad SMARTS) is 1. The summed E-state index contributed by atoms with van der Waals surface area (Å²) < 4.78 is 0. The molecule has 0 aliphatic carbocycles. The molecule has 0 radical (unpaired) electrons. The van der Waals surface area contributed by atoms with Crippen LogP contribution in [0.15, 0.2) is 54.7 Å². The third kappa shape index (κ3) is 6.55. The number of H-pyrrole nitrogens is 1. The molecule has 1 saturated heterocycles. The van der Waals surface area contributed by atoms with Gasteiger partial charge in [-0.05, 0) is 49.1 Å². The van der Waals surface area contributed by atoms with Crippen LogP contribution >= 0.6 is 0 Å². The van der Waals surface area contributed by atoms with Gasteiger partial charge in [0.2, 0.25) is 17.7 Å². The fourth-order valence-electron chi connectivity index (χ4n) is 4.86. The number of likely N-dealkylation sites (tertiary alicyclic amines) is 1. The SMILES string of the molecule is CC(N)C(=O)NC(Cc1ccc(O)cc1)C(=O)NC(Cc1c[nH]c2ccccc12)C(=O)N1CCCC1C(=O)O. The highest BCUT2D eigenvalue weighted by atomic mass is 16.4. The van der Waals surface area contributed by atoms with Crippen LogP contribution in [0.5, 0.6) is 5.75 Å². The Labute approximate surface area is 225 Å². The number of aromatic amines is 1. The molecule has 0 saturated carbocycles. The number of hydrogen-bond donors (Lipinski definition) is 6. The number of carbonyl (C=O) groups excluding carboxylic acids is 3. The molecule has 11 heteroatoms. The van der Waals surface area contributed by atoms with Crippen molar-refractivity contribution in [1.29, 1.82) is 0 Å². The number of carboxylic acids is 1. The normalized spacial score (nSPS) is 17.4. The Morgan fingerprint density at radius 1 is 1.03 bits per heavy atom. The van der Waals surface area contributed by atoms with Crippen LogP contribution in [0.1, 0.15) is 30.9 Å². The number of phenols is 1. The third-order valence-electron chi connectivity index (χ3n) is 6.96. The van der Waals surface area contributed by atoms with E-state index in [0.717, 1.165) is 16.5 Å². The van der Waals surface area contributed by atoms with Gasteiger partial charge in [0.05, 0.1) is 6.04 Å². The molecule has 0 spiro atoms. The first kappa shape index (κ1) is 27.6. The van der Waals surface area contributed by atoms with E-state index in [1.165, 1.54) is 24.0 Å². The van der Waals surface area contributed by atoms with Crippen LogP contribution in [0.25, 0.3) is 10.9 Å². The minimum Gasteiger partial charge on any atom is -0.508 e. The molecule has 2 heterocycles. The summed E-state index contributed by atoms with van der Waals surface area (Å²) in [6, 6.07) is 9.76. The molecule has 4 rings (SSSR count). The number of aliphatic carboxylic acids is 1. The third-order valence-corrected chi connectivity index (χ3v) is 6.96. The Kier molecular flexibility index (Phi) is 8.50. The van der Waals surface area contributed by atoms with Crippen molar-refractivity contribution in [2.24, 2.45) is 5.73 Å². The molecule has 4 unspecified atom stereocenters. The van der Waals surface area contributed by atoms with Crippen molar-refractivity contribution < 1.29 is 29.4 Å². The van der Waals surface area contributed by atoms with Crippen molar-refractivity contribution in [1.82, 2.24) is 20.5 Å². The maximum Gasteiger partial charge on any atom is 0.326 e. The van der Waals surface area contributed by atoms with E-state index in [9.17, 15) is 29.4 Å². The summed E-state index contributed by atoms with van der Waals surface area (Å²) in [5.74, 6) is -2.68. The van der Waals surface area contributed by atoms with Crippen molar-refractivity contribution in [2.75, 3.05) is 6.54 Å². The van der Waals surface area contributed by atoms with Crippen molar-refractivity contribution >= 4 is 34.6 Å². The number of hydrogen-bond acceptors (Lipinski definition) is 6. The number of nitrogens with zero attached hydrogens (tertiary/aromatic N) is 1. The van der Waals surface area contributed by atoms with Crippen LogP contribution in [0.2, 0.25) is 0 Å². The second-order valence-electron chi connectivity index (χ2n) is 9.87. The molecule has 39 heavy (non-hydrogen) atoms. The van der Waals surface area contributed by atoms with Gasteiger partial charge in [-0.2, -0.15) is 0 Å². The van der Waals surface area contributed by atoms with Gasteiger partial charge in [0.15, 0.2) is 0 Å². The molecule has 4 atom stereocenters. The van der Waals surface area contributed by atoms with Crippen LogP contribution in [0.3, 0.4) is 0 Å². The van der Waals surface area contributed by atoms with E-state index in [1.807, 2.05) is 24.3 Å². The van der Waals surface area contributed by atoms with Crippen molar-refractivity contribution in [2.45, 2.75) is 56.8 Å². The van der Waals surface area contributed by atoms with E-state index in [1.54, 1.807) is 18.3 Å². The molecule has 1 aliphatic heterocycles. The van der Waals surface area contributed by atoms with Gasteiger partial charge < -0.3 is 36.5 Å². The summed E-state index contributed by atoms with van der Waals surface area (Å²) in [4.78, 5) is 56.0. The predicted molar refractivity (Wildman–Crippen MR) is 144 cm³/mol. The van der Waals surface area contributed by atoms with Crippen molar-refractivity contribution in [3.8, 4) is 5.75 Å². The van der Waals surface area contributed by atoms with E-state index in [-0.39, 0.29) is 25.1 Å². The molecule has 0 bridgehead atoms. The summed E-state index contributed by atoms with van der Waals surface area (Å²) in [5, 5.41) is 25.6. The second kappa shape index (κ2) is 12.0. The molecule has 3 aromatic rings. The zero-order chi connectivity index (χ0) is 28.1. The molecule has 2 aromatic carbocycles. The lowest BCUT2D eigenvalue weighted by molar-refractivity contribution is -0.149. The van der Waals surface area contributed by atoms with Crippen LogP contribution in [-0.4, -0.2) is 74.5 Å². The number of aromatic nitrogens is 1. The van der Waals surface area contributed by atoms with Gasteiger partial charge in [-0.3, -0.25) is 14.4 Å². The maximum atomic E-state index is 13.7. The maximum absolute atomic E-state index is 13.7. The van der Waals surface area contributed by atoms with Gasteiger partial charge in [0.1, 0.15) is 23.9 Å². The molecule has 206 valence electrons. The quantitative estimate of drug-likeness (QED) is 0.225. The first-order chi connectivity index (χ1) is 18.6. The first-order valence-corrected chi connectivity index (χ1v) is 12.9. The molecule has 3 amide bonds. The van der Waals surface area contributed by atoms with Crippen LogP contribution in [0, 0.1) is 0 Å². The number of rotatable bonds is 10. The fourth-order valence-corrected chi connectivity index (χ4v) is 4.86. The Balaban J connectivity index is 1.62. The number of para-hydroxylation sites is 1. The summed E-state index contributed by atoms with van der Waals surface area (Å²) in [6.07, 6.45) is 2.85. The Hall–Kier alpha value is -4.38. The summed E-state index contributed by atoms with van der Waals surface area (Å²) in [6.45, 7) is 1.77. The highest BCUT2D eigenvalue weighted by molar-refractivity contribution is 5.95. The lowest BCUT2D eigenvalue weighted by Gasteiger charge is -2.29. The van der Waals surface area contributed by atoms with Gasteiger partial charge in [-0.1, -0.05) is 30.3 Å². The number of amides is 3. The summed E-state index contributed by atoms with van der Waals surface area (Å²) in [7, 11) is 0. The van der Waals surface area contributed by atoms with Crippen LogP contribution in [0.4, 0.5) is 0 Å². The number of nitrogens with one attached hydrogen (secondary N) is 3. The van der Waals surface area contributed by atoms with Crippen LogP contribution in [-0.2, 0) is 32.0 Å². The van der Waals surface area contributed by atoms with E-state index >= 15 is 0 Å². The molecular formula is C28H33N5O6. The molecule has 1 fully saturated rings. The number of benzene rings is 2. The van der Waals surface area contributed by atoms with E-state index < -0.39 is 47.9 Å². The predicted octanol–water partition coefficient (Wildman–Crippen LogP) is 1.05. The zero-order valence-electron chi connectivity index (χ0n) is 21.6. The number of carbonyl (C=O) groups is 4. The van der Waals surface area contributed by atoms with Gasteiger partial charge in [-0.15, -0.1) is 0 Å². The van der Waals surface area contributed by atoms with Crippen molar-refractivity contribution in [3.05, 3.63) is 65.9 Å². The number of fused-ring (bicyclic) bond motifs is 1. The zero-order valence-corrected chi connectivity index (χ0v) is 21.6. The monoisotopic (exact) mass is 535 g/mol. The van der Waals surface area contributed by atoms with Gasteiger partial charge in [0, 0.05) is 36.5 Å². The van der Waals surface area contributed by atoms with E-state index in [2.05, 4.69) is 15.6 Å². The Bertz CT molecular complexity index is 1350. The topological polar surface area (TPSA) is 178 Å². The fraction of sp³-hybridized carbons (Fsp3) is 0.357. The highest BCUT2D eigenvalue weighted by Gasteiger charge is 2.38. The standard InChI is InChI=1S/C28H33N5O6/c1-16(29)25(35)31-22(13-17-8-10-19(34)11-9-17)26(36)32-23(27(37)33-12-4-7-24(33)28(38)39)14-18-15-30-21-6-3-2-5-20(18)21/h2-3,5-6,8-11,15-16,22-24,30,34H,4,7,12-14,29H2,1H3,(H,31,35)(H,32,36)(H,38,39). The number of aromatic hydroxyl groups is 1. The van der Waals surface area contributed by atoms with E-state index in [4.69, 9.17) is 5.73 Å².